The van der Waals surface area contributed by atoms with Crippen molar-refractivity contribution in [3.05, 3.63) is 24.3 Å². The summed E-state index contributed by atoms with van der Waals surface area (Å²) in [5, 5.41) is 0. The van der Waals surface area contributed by atoms with Crippen LogP contribution in [0.4, 0.5) is 0 Å². The molecule has 0 aliphatic carbocycles. The summed E-state index contributed by atoms with van der Waals surface area (Å²) in [5.74, 6) is 1.36. The van der Waals surface area contributed by atoms with Crippen LogP contribution in [0.3, 0.4) is 0 Å². The van der Waals surface area contributed by atoms with E-state index in [9.17, 15) is 0 Å². The molecule has 0 aromatic carbocycles. The highest BCUT2D eigenvalue weighted by Gasteiger charge is 2.06. The molecule has 2 aromatic rings. The predicted molar refractivity (Wildman–Crippen MR) is 52.8 cm³/mol. The second-order valence-electron chi connectivity index (χ2n) is 2.77. The molecule has 0 aliphatic rings. The Bertz CT molecular complexity index is 422. The maximum Gasteiger partial charge on any atom is 0.124 e. The van der Waals surface area contributed by atoms with Gasteiger partial charge in [0.2, 0.25) is 0 Å². The molecule has 0 N–H and O–H groups in total. The number of alkyl halides is 1. The van der Waals surface area contributed by atoms with Gasteiger partial charge < -0.3 is 4.57 Å². The van der Waals surface area contributed by atoms with Crippen LogP contribution in [0.15, 0.2) is 18.5 Å². The first-order valence-electron chi connectivity index (χ1n) is 4.22. The average molecular weight is 196 g/mol. The smallest absolute Gasteiger partial charge is 0.124 e. The largest absolute Gasteiger partial charge is 0.326 e. The van der Waals surface area contributed by atoms with E-state index in [4.69, 9.17) is 11.6 Å². The standard InChI is InChI=1S/C9H10ClN3/c1-2-13-8-6-11-4-3-7(8)12-9(13)5-10/h3-4,6H,2,5H2,1H3. The van der Waals surface area contributed by atoms with E-state index in [1.807, 2.05) is 12.3 Å². The van der Waals surface area contributed by atoms with E-state index < -0.39 is 0 Å². The fourth-order valence-corrected chi connectivity index (χ4v) is 1.68. The van der Waals surface area contributed by atoms with Crippen LogP contribution in [0, 0.1) is 0 Å². The zero-order chi connectivity index (χ0) is 9.26. The van der Waals surface area contributed by atoms with Gasteiger partial charge in [-0.1, -0.05) is 0 Å². The summed E-state index contributed by atoms with van der Waals surface area (Å²) in [6.07, 6.45) is 3.56. The summed E-state index contributed by atoms with van der Waals surface area (Å²) < 4.78 is 2.08. The van der Waals surface area contributed by atoms with Crippen LogP contribution in [-0.4, -0.2) is 14.5 Å². The van der Waals surface area contributed by atoms with Gasteiger partial charge in [0, 0.05) is 12.7 Å². The van der Waals surface area contributed by atoms with Crippen molar-refractivity contribution in [3.63, 3.8) is 0 Å². The van der Waals surface area contributed by atoms with Gasteiger partial charge in [-0.05, 0) is 13.0 Å². The first-order chi connectivity index (χ1) is 6.36. The lowest BCUT2D eigenvalue weighted by molar-refractivity contribution is 0.746. The Balaban J connectivity index is 2.73. The Morgan fingerprint density at radius 3 is 3.08 bits per heavy atom. The molecule has 0 radical (unpaired) electrons. The van der Waals surface area contributed by atoms with Crippen LogP contribution in [-0.2, 0) is 12.4 Å². The van der Waals surface area contributed by atoms with Crippen LogP contribution in [0.25, 0.3) is 11.0 Å². The first-order valence-corrected chi connectivity index (χ1v) is 4.75. The van der Waals surface area contributed by atoms with Crippen LogP contribution >= 0.6 is 11.6 Å². The van der Waals surface area contributed by atoms with E-state index in [0.717, 1.165) is 23.4 Å². The number of pyridine rings is 1. The molecule has 68 valence electrons. The van der Waals surface area contributed by atoms with Crippen LogP contribution < -0.4 is 0 Å². The topological polar surface area (TPSA) is 30.7 Å². The van der Waals surface area contributed by atoms with E-state index >= 15 is 0 Å². The van der Waals surface area contributed by atoms with Crippen molar-refractivity contribution in [1.82, 2.24) is 14.5 Å². The number of hydrogen-bond donors (Lipinski definition) is 0. The van der Waals surface area contributed by atoms with Crippen LogP contribution in [0.1, 0.15) is 12.7 Å². The minimum absolute atomic E-state index is 0.447. The molecule has 2 aromatic heterocycles. The number of aryl methyl sites for hydroxylation is 1. The predicted octanol–water partition coefficient (Wildman–Crippen LogP) is 2.19. The Morgan fingerprint density at radius 1 is 1.54 bits per heavy atom. The Labute approximate surface area is 81.4 Å². The van der Waals surface area contributed by atoms with E-state index in [0.29, 0.717) is 5.88 Å². The van der Waals surface area contributed by atoms with E-state index in [2.05, 4.69) is 21.5 Å². The van der Waals surface area contributed by atoms with Crippen molar-refractivity contribution < 1.29 is 0 Å². The molecule has 0 amide bonds. The molecule has 0 fully saturated rings. The Hall–Kier alpha value is -1.09. The third-order valence-electron chi connectivity index (χ3n) is 2.07. The zero-order valence-electron chi connectivity index (χ0n) is 7.37. The number of imidazole rings is 1. The van der Waals surface area contributed by atoms with Gasteiger partial charge in [0.25, 0.3) is 0 Å². The molecule has 3 nitrogen and oxygen atoms in total. The summed E-state index contributed by atoms with van der Waals surface area (Å²) in [6, 6.07) is 1.90. The maximum absolute atomic E-state index is 5.78. The van der Waals surface area contributed by atoms with Gasteiger partial charge in [0.05, 0.1) is 23.1 Å². The van der Waals surface area contributed by atoms with Crippen LogP contribution in [0.2, 0.25) is 0 Å². The molecule has 0 aliphatic heterocycles. The fourth-order valence-electron chi connectivity index (χ4n) is 1.47. The molecule has 4 heteroatoms. The summed E-state index contributed by atoms with van der Waals surface area (Å²) in [4.78, 5) is 8.46. The Morgan fingerprint density at radius 2 is 2.38 bits per heavy atom. The number of halogens is 1. The lowest BCUT2D eigenvalue weighted by Gasteiger charge is -2.01. The van der Waals surface area contributed by atoms with E-state index in [-0.39, 0.29) is 0 Å². The molecule has 0 unspecified atom stereocenters. The molecule has 0 spiro atoms. The molecule has 0 saturated heterocycles. The summed E-state index contributed by atoms with van der Waals surface area (Å²) in [5.41, 5.74) is 2.02. The molecular weight excluding hydrogens is 186 g/mol. The monoisotopic (exact) mass is 195 g/mol. The van der Waals surface area contributed by atoms with E-state index in [1.165, 1.54) is 0 Å². The molecule has 0 bridgehead atoms. The summed E-state index contributed by atoms with van der Waals surface area (Å²) >= 11 is 5.78. The highest BCUT2D eigenvalue weighted by Crippen LogP contribution is 2.15. The number of rotatable bonds is 2. The van der Waals surface area contributed by atoms with Crippen molar-refractivity contribution in [2.45, 2.75) is 19.3 Å². The zero-order valence-corrected chi connectivity index (χ0v) is 8.12. The normalized spacial score (nSPS) is 10.9. The van der Waals surface area contributed by atoms with Crippen molar-refractivity contribution in [2.75, 3.05) is 0 Å². The molecule has 13 heavy (non-hydrogen) atoms. The van der Waals surface area contributed by atoms with Crippen molar-refractivity contribution in [1.29, 1.82) is 0 Å². The van der Waals surface area contributed by atoms with E-state index in [1.54, 1.807) is 6.20 Å². The van der Waals surface area contributed by atoms with Gasteiger partial charge >= 0.3 is 0 Å². The maximum atomic E-state index is 5.78. The average Bonchev–Trinajstić information content (AvgIpc) is 2.55. The van der Waals surface area contributed by atoms with Crippen molar-refractivity contribution >= 4 is 22.6 Å². The number of aromatic nitrogens is 3. The van der Waals surface area contributed by atoms with Gasteiger partial charge in [-0.2, -0.15) is 0 Å². The SMILES string of the molecule is CCn1c(CCl)nc2ccncc21. The molecular formula is C9H10ClN3. The lowest BCUT2D eigenvalue weighted by Crippen LogP contribution is -1.98. The van der Waals surface area contributed by atoms with Gasteiger partial charge in [0.1, 0.15) is 5.82 Å². The molecule has 0 atom stereocenters. The number of nitrogens with zero attached hydrogens (tertiary/aromatic N) is 3. The molecule has 2 rings (SSSR count). The highest BCUT2D eigenvalue weighted by atomic mass is 35.5. The molecule has 0 saturated carbocycles. The summed E-state index contributed by atoms with van der Waals surface area (Å²) in [7, 11) is 0. The highest BCUT2D eigenvalue weighted by molar-refractivity contribution is 6.16. The molecule has 2 heterocycles. The second-order valence-corrected chi connectivity index (χ2v) is 3.04. The Kier molecular flexibility index (Phi) is 2.19. The van der Waals surface area contributed by atoms with Gasteiger partial charge in [0.15, 0.2) is 0 Å². The first kappa shape index (κ1) is 8.51. The minimum Gasteiger partial charge on any atom is -0.326 e. The van der Waals surface area contributed by atoms with Crippen molar-refractivity contribution in [2.24, 2.45) is 0 Å². The van der Waals surface area contributed by atoms with Crippen molar-refractivity contribution in [3.8, 4) is 0 Å². The third-order valence-corrected chi connectivity index (χ3v) is 2.30. The van der Waals surface area contributed by atoms with Gasteiger partial charge in [-0.25, -0.2) is 4.98 Å². The summed E-state index contributed by atoms with van der Waals surface area (Å²) in [6.45, 7) is 2.95. The number of hydrogen-bond acceptors (Lipinski definition) is 2. The lowest BCUT2D eigenvalue weighted by atomic mass is 10.4. The minimum atomic E-state index is 0.447. The third kappa shape index (κ3) is 1.29. The quantitative estimate of drug-likeness (QED) is 0.688. The fraction of sp³-hybridized carbons (Fsp3) is 0.333. The number of fused-ring (bicyclic) bond motifs is 1. The van der Waals surface area contributed by atoms with Gasteiger partial charge in [-0.3, -0.25) is 4.98 Å². The van der Waals surface area contributed by atoms with Gasteiger partial charge in [-0.15, -0.1) is 11.6 Å². The second kappa shape index (κ2) is 3.34. The van der Waals surface area contributed by atoms with Crippen LogP contribution in [0.5, 0.6) is 0 Å².